The summed E-state index contributed by atoms with van der Waals surface area (Å²) in [5.74, 6) is -1.66. The molecule has 2 saturated heterocycles. The van der Waals surface area contributed by atoms with E-state index in [0.29, 0.717) is 39.0 Å². The third-order valence-electron chi connectivity index (χ3n) is 5.25. The van der Waals surface area contributed by atoms with Gasteiger partial charge in [-0.2, -0.15) is 4.31 Å². The average Bonchev–Trinajstić information content (AvgIpc) is 2.68. The molecule has 0 unspecified atom stereocenters. The molecular formula is C18H23ClN2O5S. The van der Waals surface area contributed by atoms with E-state index >= 15 is 0 Å². The summed E-state index contributed by atoms with van der Waals surface area (Å²) in [4.78, 5) is 25.5. The topological polar surface area (TPSA) is 95.0 Å². The minimum Gasteiger partial charge on any atom is -0.481 e. The maximum Gasteiger partial charge on any atom is 0.306 e. The van der Waals surface area contributed by atoms with Gasteiger partial charge in [0, 0.05) is 26.2 Å². The van der Waals surface area contributed by atoms with Crippen LogP contribution in [0.1, 0.15) is 42.5 Å². The van der Waals surface area contributed by atoms with E-state index in [1.165, 1.54) is 27.4 Å². The Kier molecular flexibility index (Phi) is 6.08. The number of aliphatic carboxylic acids is 1. The fraction of sp³-hybridized carbons (Fsp3) is 0.556. The molecule has 2 heterocycles. The molecule has 9 heteroatoms. The molecule has 2 aliphatic rings. The number of likely N-dealkylation sites (tertiary alicyclic amines) is 1. The number of benzene rings is 1. The monoisotopic (exact) mass is 414 g/mol. The predicted molar refractivity (Wildman–Crippen MR) is 100 cm³/mol. The van der Waals surface area contributed by atoms with E-state index < -0.39 is 21.9 Å². The van der Waals surface area contributed by atoms with Crippen LogP contribution < -0.4 is 0 Å². The van der Waals surface area contributed by atoms with Crippen molar-refractivity contribution in [3.63, 3.8) is 0 Å². The first-order valence-corrected chi connectivity index (χ1v) is 10.9. The second-order valence-corrected chi connectivity index (χ2v) is 9.36. The van der Waals surface area contributed by atoms with Gasteiger partial charge in [-0.05, 0) is 43.9 Å². The predicted octanol–water partition coefficient (Wildman–Crippen LogP) is 2.45. The number of carbonyl (C=O) groups excluding carboxylic acids is 1. The van der Waals surface area contributed by atoms with Gasteiger partial charge in [0.05, 0.1) is 21.4 Å². The summed E-state index contributed by atoms with van der Waals surface area (Å²) >= 11 is 6.18. The van der Waals surface area contributed by atoms with Crippen LogP contribution in [0.4, 0.5) is 0 Å². The van der Waals surface area contributed by atoms with Crippen LogP contribution in [0.25, 0.3) is 0 Å². The maximum atomic E-state index is 12.9. The summed E-state index contributed by atoms with van der Waals surface area (Å²) in [6.07, 6.45) is 3.44. The van der Waals surface area contributed by atoms with Crippen molar-refractivity contribution in [1.82, 2.24) is 9.21 Å². The molecule has 2 fully saturated rings. The lowest BCUT2D eigenvalue weighted by molar-refractivity contribution is -0.143. The molecule has 0 radical (unpaired) electrons. The van der Waals surface area contributed by atoms with E-state index in [-0.39, 0.29) is 21.4 Å². The normalized spacial score (nSPS) is 19.8. The number of halogens is 1. The zero-order valence-corrected chi connectivity index (χ0v) is 16.5. The van der Waals surface area contributed by atoms with Crippen LogP contribution in [-0.2, 0) is 14.8 Å². The average molecular weight is 415 g/mol. The summed E-state index contributed by atoms with van der Waals surface area (Å²) in [6, 6.07) is 4.22. The van der Waals surface area contributed by atoms with Gasteiger partial charge >= 0.3 is 5.97 Å². The first-order chi connectivity index (χ1) is 12.8. The number of carboxylic acid groups (broad SMARTS) is 1. The molecule has 7 nitrogen and oxygen atoms in total. The summed E-state index contributed by atoms with van der Waals surface area (Å²) < 4.78 is 27.2. The van der Waals surface area contributed by atoms with Gasteiger partial charge in [0.25, 0.3) is 5.91 Å². The highest BCUT2D eigenvalue weighted by Crippen LogP contribution is 2.27. The zero-order valence-electron chi connectivity index (χ0n) is 14.9. The minimum absolute atomic E-state index is 0.0672. The van der Waals surface area contributed by atoms with Crippen LogP contribution in [0.5, 0.6) is 0 Å². The number of hydrogen-bond donors (Lipinski definition) is 1. The number of nitrogens with zero attached hydrogens (tertiary/aromatic N) is 2. The van der Waals surface area contributed by atoms with E-state index in [0.717, 1.165) is 19.3 Å². The molecular weight excluding hydrogens is 392 g/mol. The fourth-order valence-corrected chi connectivity index (χ4v) is 5.33. The van der Waals surface area contributed by atoms with Crippen molar-refractivity contribution in [1.29, 1.82) is 0 Å². The molecule has 0 aliphatic carbocycles. The van der Waals surface area contributed by atoms with Crippen LogP contribution >= 0.6 is 11.6 Å². The van der Waals surface area contributed by atoms with Gasteiger partial charge in [0.15, 0.2) is 0 Å². The van der Waals surface area contributed by atoms with Crippen molar-refractivity contribution < 1.29 is 23.1 Å². The summed E-state index contributed by atoms with van der Waals surface area (Å²) in [6.45, 7) is 1.60. The Morgan fingerprint density at radius 3 is 2.26 bits per heavy atom. The quantitative estimate of drug-likeness (QED) is 0.816. The largest absolute Gasteiger partial charge is 0.481 e. The Labute approximate surface area is 164 Å². The van der Waals surface area contributed by atoms with E-state index in [1.807, 2.05) is 0 Å². The minimum atomic E-state index is -3.66. The lowest BCUT2D eigenvalue weighted by Crippen LogP contribution is -2.40. The summed E-state index contributed by atoms with van der Waals surface area (Å²) in [5, 5.41) is 9.27. The molecule has 0 aromatic heterocycles. The van der Waals surface area contributed by atoms with Gasteiger partial charge < -0.3 is 10.0 Å². The Balaban J connectivity index is 1.81. The van der Waals surface area contributed by atoms with E-state index in [4.69, 9.17) is 16.7 Å². The van der Waals surface area contributed by atoms with Crippen molar-refractivity contribution in [2.75, 3.05) is 26.2 Å². The highest BCUT2D eigenvalue weighted by molar-refractivity contribution is 7.89. The van der Waals surface area contributed by atoms with Gasteiger partial charge in [0.1, 0.15) is 0 Å². The molecule has 0 atom stereocenters. The van der Waals surface area contributed by atoms with Crippen LogP contribution in [0.2, 0.25) is 5.02 Å². The molecule has 148 valence electrons. The molecule has 1 aromatic rings. The number of piperidine rings is 2. The van der Waals surface area contributed by atoms with Gasteiger partial charge in [-0.15, -0.1) is 0 Å². The third kappa shape index (κ3) is 4.28. The zero-order chi connectivity index (χ0) is 19.6. The molecule has 1 aromatic carbocycles. The van der Waals surface area contributed by atoms with Crippen molar-refractivity contribution in [2.45, 2.75) is 37.0 Å². The Bertz CT molecular complexity index is 828. The maximum absolute atomic E-state index is 12.9. The van der Waals surface area contributed by atoms with Crippen LogP contribution in [0, 0.1) is 5.92 Å². The number of hydrogen-bond acceptors (Lipinski definition) is 4. The van der Waals surface area contributed by atoms with Crippen molar-refractivity contribution in [2.24, 2.45) is 5.92 Å². The van der Waals surface area contributed by atoms with Crippen LogP contribution in [0.3, 0.4) is 0 Å². The second kappa shape index (κ2) is 8.16. The first-order valence-electron chi connectivity index (χ1n) is 9.12. The molecule has 1 N–H and O–H groups in total. The van der Waals surface area contributed by atoms with E-state index in [1.54, 1.807) is 0 Å². The third-order valence-corrected chi connectivity index (χ3v) is 7.48. The lowest BCUT2D eigenvalue weighted by Gasteiger charge is -2.30. The van der Waals surface area contributed by atoms with Crippen LogP contribution in [0.15, 0.2) is 23.1 Å². The van der Waals surface area contributed by atoms with Crippen molar-refractivity contribution in [3.8, 4) is 0 Å². The highest BCUT2D eigenvalue weighted by atomic mass is 35.5. The molecule has 0 spiro atoms. The smallest absolute Gasteiger partial charge is 0.306 e. The SMILES string of the molecule is O=C(O)C1CCN(C(=O)c2cc(S(=O)(=O)N3CCCCC3)ccc2Cl)CC1. The van der Waals surface area contributed by atoms with Gasteiger partial charge in [-0.25, -0.2) is 8.42 Å². The number of sulfonamides is 1. The Hall–Kier alpha value is -1.64. The number of carbonyl (C=O) groups is 2. The Morgan fingerprint density at radius 2 is 1.67 bits per heavy atom. The van der Waals surface area contributed by atoms with E-state index in [9.17, 15) is 18.0 Å². The Morgan fingerprint density at radius 1 is 1.04 bits per heavy atom. The molecule has 3 rings (SSSR count). The molecule has 0 bridgehead atoms. The molecule has 2 aliphatic heterocycles. The standard InChI is InChI=1S/C18H23ClN2O5S/c19-16-5-4-14(27(25,26)21-8-2-1-3-9-21)12-15(16)17(22)20-10-6-13(7-11-20)18(23)24/h4-5,12-13H,1-3,6-11H2,(H,23,24). The van der Waals surface area contributed by atoms with Crippen LogP contribution in [-0.4, -0.2) is 60.8 Å². The summed E-state index contributed by atoms with van der Waals surface area (Å²) in [5.41, 5.74) is 0.142. The van der Waals surface area contributed by atoms with Gasteiger partial charge in [-0.1, -0.05) is 18.0 Å². The molecule has 27 heavy (non-hydrogen) atoms. The molecule has 1 amide bonds. The fourth-order valence-electron chi connectivity index (χ4n) is 3.58. The number of rotatable bonds is 4. The van der Waals surface area contributed by atoms with Gasteiger partial charge in [0.2, 0.25) is 10.0 Å². The summed E-state index contributed by atoms with van der Waals surface area (Å²) in [7, 11) is -3.66. The highest BCUT2D eigenvalue weighted by Gasteiger charge is 2.30. The van der Waals surface area contributed by atoms with Crippen molar-refractivity contribution >= 4 is 33.5 Å². The number of carboxylic acids is 1. The first kappa shape index (κ1) is 20.1. The van der Waals surface area contributed by atoms with E-state index in [2.05, 4.69) is 0 Å². The lowest BCUT2D eigenvalue weighted by atomic mass is 9.96. The van der Waals surface area contributed by atoms with Gasteiger partial charge in [-0.3, -0.25) is 9.59 Å². The second-order valence-electron chi connectivity index (χ2n) is 7.01. The number of amides is 1. The van der Waals surface area contributed by atoms with Crippen molar-refractivity contribution in [3.05, 3.63) is 28.8 Å². The molecule has 0 saturated carbocycles.